The Kier molecular flexibility index (Phi) is 5.57. The molecule has 0 bridgehead atoms. The molecule has 1 N–H and O–H groups in total. The predicted molar refractivity (Wildman–Crippen MR) is 115 cm³/mol. The van der Waals surface area contributed by atoms with Crippen molar-refractivity contribution in [3.05, 3.63) is 99.7 Å². The molecule has 4 rings (SSSR count). The molecule has 0 saturated heterocycles. The van der Waals surface area contributed by atoms with Gasteiger partial charge in [0.25, 0.3) is 17.5 Å². The number of carbonyl (C=O) groups is 2. The Morgan fingerprint density at radius 2 is 1.67 bits per heavy atom. The maximum absolute atomic E-state index is 13.7. The van der Waals surface area contributed by atoms with Gasteiger partial charge in [-0.15, -0.1) is 0 Å². The average molecular weight is 451 g/mol. The van der Waals surface area contributed by atoms with E-state index in [1.165, 1.54) is 49.6 Å². The van der Waals surface area contributed by atoms with Crippen molar-refractivity contribution in [2.24, 2.45) is 0 Å². The maximum Gasteiger partial charge on any atom is 0.282 e. The van der Waals surface area contributed by atoms with Gasteiger partial charge >= 0.3 is 0 Å². The van der Waals surface area contributed by atoms with Crippen LogP contribution in [0.5, 0.6) is 5.75 Å². The average Bonchev–Trinajstić information content (AvgIpc) is 3.05. The summed E-state index contributed by atoms with van der Waals surface area (Å²) < 4.78 is 32.2. The molecule has 33 heavy (non-hydrogen) atoms. The fourth-order valence-corrected chi connectivity index (χ4v) is 3.37. The Labute approximate surface area is 185 Å². The fraction of sp³-hybridized carbons (Fsp3) is 0.0435. The lowest BCUT2D eigenvalue weighted by atomic mass is 10.0. The third kappa shape index (κ3) is 4.01. The molecule has 3 aromatic carbocycles. The van der Waals surface area contributed by atoms with Gasteiger partial charge in [0.2, 0.25) is 0 Å². The molecule has 2 amide bonds. The second-order valence-corrected chi connectivity index (χ2v) is 6.96. The van der Waals surface area contributed by atoms with E-state index in [9.17, 15) is 28.5 Å². The number of nitro benzene ring substituents is 1. The number of nitro groups is 1. The van der Waals surface area contributed by atoms with Crippen LogP contribution in [-0.4, -0.2) is 23.8 Å². The van der Waals surface area contributed by atoms with Gasteiger partial charge in [-0.2, -0.15) is 0 Å². The number of anilines is 2. The standard InChI is InChI=1S/C23H15F2N3O5/c1-33-17-4-2-3-16(12-17)27-22(29)20(13-5-8-15(9-6-13)28(31)32)21(23(27)30)26-14-7-10-18(24)19(25)11-14/h2-12,26H,1H3. The quantitative estimate of drug-likeness (QED) is 0.341. The Bertz CT molecular complexity index is 1320. The number of benzene rings is 3. The summed E-state index contributed by atoms with van der Waals surface area (Å²) in [5.41, 5.74) is 0.0262. The number of methoxy groups -OCH3 is 1. The lowest BCUT2D eigenvalue weighted by molar-refractivity contribution is -0.384. The minimum Gasteiger partial charge on any atom is -0.497 e. The molecular weight excluding hydrogens is 436 g/mol. The highest BCUT2D eigenvalue weighted by atomic mass is 19.2. The number of halogens is 2. The summed E-state index contributed by atoms with van der Waals surface area (Å²) in [7, 11) is 1.43. The fourth-order valence-electron chi connectivity index (χ4n) is 3.37. The van der Waals surface area contributed by atoms with Crippen LogP contribution in [0.1, 0.15) is 5.56 Å². The number of nitrogens with zero attached hydrogens (tertiary/aromatic N) is 2. The first-order valence-corrected chi connectivity index (χ1v) is 9.54. The van der Waals surface area contributed by atoms with Crippen molar-refractivity contribution in [1.29, 1.82) is 0 Å². The van der Waals surface area contributed by atoms with Gasteiger partial charge in [-0.05, 0) is 42.0 Å². The van der Waals surface area contributed by atoms with Crippen molar-refractivity contribution in [2.75, 3.05) is 17.3 Å². The second kappa shape index (κ2) is 8.50. The van der Waals surface area contributed by atoms with E-state index in [0.717, 1.165) is 17.0 Å². The number of rotatable bonds is 6. The molecule has 0 aliphatic carbocycles. The van der Waals surface area contributed by atoms with Crippen molar-refractivity contribution in [2.45, 2.75) is 0 Å². The topological polar surface area (TPSA) is 102 Å². The number of amides is 2. The Morgan fingerprint density at radius 3 is 2.30 bits per heavy atom. The van der Waals surface area contributed by atoms with E-state index in [-0.39, 0.29) is 33.9 Å². The molecule has 0 saturated carbocycles. The molecule has 0 atom stereocenters. The van der Waals surface area contributed by atoms with Gasteiger partial charge < -0.3 is 10.1 Å². The molecule has 10 heteroatoms. The van der Waals surface area contributed by atoms with Crippen LogP contribution in [-0.2, 0) is 9.59 Å². The molecule has 1 aliphatic heterocycles. The van der Waals surface area contributed by atoms with E-state index in [2.05, 4.69) is 5.32 Å². The van der Waals surface area contributed by atoms with Gasteiger partial charge in [-0.1, -0.05) is 6.07 Å². The van der Waals surface area contributed by atoms with Crippen LogP contribution in [0, 0.1) is 21.7 Å². The molecule has 166 valence electrons. The van der Waals surface area contributed by atoms with Gasteiger partial charge in [0.05, 0.1) is 23.3 Å². The molecule has 8 nitrogen and oxygen atoms in total. The lowest BCUT2D eigenvalue weighted by Crippen LogP contribution is -2.32. The molecule has 0 aromatic heterocycles. The predicted octanol–water partition coefficient (Wildman–Crippen LogP) is 4.28. The molecule has 0 fully saturated rings. The largest absolute Gasteiger partial charge is 0.497 e. The van der Waals surface area contributed by atoms with Gasteiger partial charge in [-0.25, -0.2) is 13.7 Å². The number of ether oxygens (including phenoxy) is 1. The van der Waals surface area contributed by atoms with Gasteiger partial charge in [0.15, 0.2) is 11.6 Å². The maximum atomic E-state index is 13.7. The van der Waals surface area contributed by atoms with Crippen LogP contribution in [0.15, 0.2) is 72.4 Å². The van der Waals surface area contributed by atoms with Crippen LogP contribution in [0.25, 0.3) is 5.57 Å². The summed E-state index contributed by atoms with van der Waals surface area (Å²) in [5, 5.41) is 13.7. The first-order valence-electron chi connectivity index (χ1n) is 9.54. The molecule has 0 spiro atoms. The van der Waals surface area contributed by atoms with Crippen LogP contribution in [0.4, 0.5) is 25.8 Å². The van der Waals surface area contributed by atoms with E-state index in [0.29, 0.717) is 5.75 Å². The summed E-state index contributed by atoms with van der Waals surface area (Å²) in [6, 6.07) is 14.3. The Balaban J connectivity index is 1.82. The zero-order chi connectivity index (χ0) is 23.7. The minimum absolute atomic E-state index is 0.0388. The van der Waals surface area contributed by atoms with Crippen LogP contribution in [0.3, 0.4) is 0 Å². The number of hydrogen-bond donors (Lipinski definition) is 1. The van der Waals surface area contributed by atoms with E-state index in [4.69, 9.17) is 4.74 Å². The Morgan fingerprint density at radius 1 is 0.939 bits per heavy atom. The molecule has 3 aromatic rings. The number of imide groups is 1. The molecule has 0 unspecified atom stereocenters. The van der Waals surface area contributed by atoms with Crippen LogP contribution in [0.2, 0.25) is 0 Å². The zero-order valence-corrected chi connectivity index (χ0v) is 17.0. The van der Waals surface area contributed by atoms with Crippen LogP contribution < -0.4 is 15.0 Å². The van der Waals surface area contributed by atoms with Gasteiger partial charge in [0.1, 0.15) is 11.4 Å². The highest BCUT2D eigenvalue weighted by Crippen LogP contribution is 2.35. The summed E-state index contributed by atoms with van der Waals surface area (Å²) in [4.78, 5) is 38.0. The highest BCUT2D eigenvalue weighted by molar-refractivity contribution is 6.46. The molecule has 1 heterocycles. The first-order chi connectivity index (χ1) is 15.8. The lowest BCUT2D eigenvalue weighted by Gasteiger charge is -2.16. The van der Waals surface area contributed by atoms with Crippen molar-refractivity contribution in [3.8, 4) is 5.75 Å². The number of hydrogen-bond acceptors (Lipinski definition) is 6. The van der Waals surface area contributed by atoms with Crippen molar-refractivity contribution >= 4 is 34.4 Å². The smallest absolute Gasteiger partial charge is 0.282 e. The van der Waals surface area contributed by atoms with Crippen molar-refractivity contribution < 1.29 is 28.0 Å². The minimum atomic E-state index is -1.14. The monoisotopic (exact) mass is 451 g/mol. The van der Waals surface area contributed by atoms with E-state index in [1.54, 1.807) is 12.1 Å². The third-order valence-electron chi connectivity index (χ3n) is 4.95. The first kappa shape index (κ1) is 21.6. The van der Waals surface area contributed by atoms with Gasteiger partial charge in [-0.3, -0.25) is 19.7 Å². The van der Waals surface area contributed by atoms with Crippen molar-refractivity contribution in [1.82, 2.24) is 0 Å². The third-order valence-corrected chi connectivity index (χ3v) is 4.95. The summed E-state index contributed by atoms with van der Waals surface area (Å²) in [6.45, 7) is 0. The van der Waals surface area contributed by atoms with E-state index >= 15 is 0 Å². The SMILES string of the molecule is COc1cccc(N2C(=O)C(Nc3ccc(F)c(F)c3)=C(c3ccc([N+](=O)[O-])cc3)C2=O)c1. The zero-order valence-electron chi connectivity index (χ0n) is 17.0. The number of carbonyl (C=O) groups excluding carboxylic acids is 2. The highest BCUT2D eigenvalue weighted by Gasteiger charge is 2.40. The van der Waals surface area contributed by atoms with E-state index in [1.807, 2.05) is 0 Å². The number of nitrogens with one attached hydrogen (secondary N) is 1. The van der Waals surface area contributed by atoms with E-state index < -0.39 is 28.4 Å². The number of non-ortho nitro benzene ring substituents is 1. The second-order valence-electron chi connectivity index (χ2n) is 6.96. The normalized spacial score (nSPS) is 13.5. The molecule has 1 aliphatic rings. The van der Waals surface area contributed by atoms with Gasteiger partial charge in [0, 0.05) is 30.0 Å². The van der Waals surface area contributed by atoms with Crippen molar-refractivity contribution in [3.63, 3.8) is 0 Å². The molecule has 0 radical (unpaired) electrons. The Hall–Kier alpha value is -4.60. The summed E-state index contributed by atoms with van der Waals surface area (Å²) in [5.74, 6) is -3.25. The van der Waals surface area contributed by atoms with Crippen LogP contribution >= 0.6 is 0 Å². The summed E-state index contributed by atoms with van der Waals surface area (Å²) in [6.07, 6.45) is 0. The summed E-state index contributed by atoms with van der Waals surface area (Å²) >= 11 is 0. The molecular formula is C23H15F2N3O5.